The van der Waals surface area contributed by atoms with E-state index >= 15 is 0 Å². The molecule has 1 aliphatic carbocycles. The third kappa shape index (κ3) is 4.91. The number of hydrogen-bond acceptors (Lipinski definition) is 4. The van der Waals surface area contributed by atoms with Gasteiger partial charge in [0.1, 0.15) is 11.9 Å². The van der Waals surface area contributed by atoms with Gasteiger partial charge >= 0.3 is 6.09 Å². The van der Waals surface area contributed by atoms with Crippen LogP contribution in [0.1, 0.15) is 36.0 Å². The minimum Gasteiger partial charge on any atom is -0.446 e. The van der Waals surface area contributed by atoms with Gasteiger partial charge in [-0.15, -0.1) is 0 Å². The predicted molar refractivity (Wildman–Crippen MR) is 113 cm³/mol. The number of fused-ring (bicyclic) bond motifs is 1. The molecule has 0 unspecified atom stereocenters. The van der Waals surface area contributed by atoms with Gasteiger partial charge in [0.05, 0.1) is 5.56 Å². The molecule has 160 valence electrons. The zero-order valence-electron chi connectivity index (χ0n) is 16.7. The third-order valence-electron chi connectivity index (χ3n) is 5.37. The lowest BCUT2D eigenvalue weighted by atomic mass is 9.92. The van der Waals surface area contributed by atoms with Crippen molar-refractivity contribution in [1.29, 1.82) is 0 Å². The number of Topliss-reactive ketones (excluding diaryl/α,β-unsaturated/α-hetero) is 1. The van der Waals surface area contributed by atoms with Crippen molar-refractivity contribution in [3.05, 3.63) is 66.1 Å². The van der Waals surface area contributed by atoms with Crippen molar-refractivity contribution in [2.75, 3.05) is 5.32 Å². The summed E-state index contributed by atoms with van der Waals surface area (Å²) in [6, 6.07) is 12.4. The largest absolute Gasteiger partial charge is 0.446 e. The Hall–Kier alpha value is -3.68. The summed E-state index contributed by atoms with van der Waals surface area (Å²) in [7, 11) is 0. The average molecular weight is 423 g/mol. The topological polar surface area (TPSA) is 100 Å². The molecule has 1 fully saturated rings. The number of rotatable bonds is 5. The van der Waals surface area contributed by atoms with Gasteiger partial charge in [0, 0.05) is 35.2 Å². The lowest BCUT2D eigenvalue weighted by Crippen LogP contribution is -2.43. The van der Waals surface area contributed by atoms with E-state index in [9.17, 15) is 18.8 Å². The maximum Gasteiger partial charge on any atom is 0.411 e. The maximum absolute atomic E-state index is 13.0. The van der Waals surface area contributed by atoms with Crippen LogP contribution in [0.15, 0.2) is 54.7 Å². The maximum atomic E-state index is 13.0. The summed E-state index contributed by atoms with van der Waals surface area (Å²) in [4.78, 5) is 40.3. The summed E-state index contributed by atoms with van der Waals surface area (Å²) in [5.41, 5.74) is 1.55. The van der Waals surface area contributed by atoms with Crippen LogP contribution >= 0.6 is 0 Å². The number of aromatic nitrogens is 1. The SMILES string of the molecule is O=C(Nc1ccc(F)cc1)O[C@H]1CCC[C@@H](NC(=O)C(=O)c2c[nH]c3ccccc23)C1. The van der Waals surface area contributed by atoms with Crippen molar-refractivity contribution >= 4 is 34.4 Å². The Morgan fingerprint density at radius 3 is 2.61 bits per heavy atom. The molecule has 2 aromatic carbocycles. The van der Waals surface area contributed by atoms with Crippen LogP contribution in [-0.2, 0) is 9.53 Å². The van der Waals surface area contributed by atoms with Crippen LogP contribution in [0, 0.1) is 5.82 Å². The van der Waals surface area contributed by atoms with E-state index in [4.69, 9.17) is 4.74 Å². The average Bonchev–Trinajstić information content (AvgIpc) is 3.19. The number of H-pyrrole nitrogens is 1. The highest BCUT2D eigenvalue weighted by Crippen LogP contribution is 2.23. The summed E-state index contributed by atoms with van der Waals surface area (Å²) in [5, 5.41) is 6.03. The molecule has 0 saturated heterocycles. The number of aromatic amines is 1. The van der Waals surface area contributed by atoms with Crippen molar-refractivity contribution < 1.29 is 23.5 Å². The van der Waals surface area contributed by atoms with Crippen molar-refractivity contribution in [2.45, 2.75) is 37.8 Å². The molecule has 2 amide bonds. The molecule has 1 heterocycles. The predicted octanol–water partition coefficient (Wildman–Crippen LogP) is 4.17. The Bertz CT molecular complexity index is 1110. The lowest BCUT2D eigenvalue weighted by Gasteiger charge is -2.29. The van der Waals surface area contributed by atoms with E-state index in [1.54, 1.807) is 12.3 Å². The quantitative estimate of drug-likeness (QED) is 0.424. The van der Waals surface area contributed by atoms with Gasteiger partial charge in [0.25, 0.3) is 11.7 Å². The first-order valence-corrected chi connectivity index (χ1v) is 10.1. The molecule has 0 aliphatic heterocycles. The molecule has 2 atom stereocenters. The molecule has 8 heteroatoms. The number of halogens is 1. The van der Waals surface area contributed by atoms with Gasteiger partial charge < -0.3 is 15.0 Å². The first-order valence-electron chi connectivity index (χ1n) is 10.1. The van der Waals surface area contributed by atoms with Gasteiger partial charge in [-0.05, 0) is 49.6 Å². The van der Waals surface area contributed by atoms with Gasteiger partial charge in [0.15, 0.2) is 0 Å². The minimum atomic E-state index is -0.675. The molecule has 1 saturated carbocycles. The van der Waals surface area contributed by atoms with Crippen LogP contribution < -0.4 is 10.6 Å². The summed E-state index contributed by atoms with van der Waals surface area (Å²) in [5.74, 6) is -1.67. The number of benzene rings is 2. The normalized spacial score (nSPS) is 18.4. The standard InChI is InChI=1S/C23H22FN3O4/c24-14-8-10-15(11-9-14)27-23(30)31-17-5-3-4-16(12-17)26-22(29)21(28)19-13-25-20-7-2-1-6-18(19)20/h1-2,6-11,13,16-17,25H,3-5,12H2,(H,26,29)(H,27,30)/t16-,17+/m1/s1. The van der Waals surface area contributed by atoms with E-state index in [0.717, 1.165) is 11.9 Å². The molecule has 7 nitrogen and oxygen atoms in total. The van der Waals surface area contributed by atoms with Gasteiger partial charge in [-0.3, -0.25) is 14.9 Å². The van der Waals surface area contributed by atoms with Gasteiger partial charge in [-0.2, -0.15) is 0 Å². The van der Waals surface area contributed by atoms with E-state index in [1.807, 2.05) is 18.2 Å². The van der Waals surface area contributed by atoms with E-state index in [-0.39, 0.29) is 12.1 Å². The summed E-state index contributed by atoms with van der Waals surface area (Å²) < 4.78 is 18.4. The number of ketones is 1. The monoisotopic (exact) mass is 423 g/mol. The van der Waals surface area contributed by atoms with E-state index in [1.165, 1.54) is 24.3 Å². The molecular weight excluding hydrogens is 401 g/mol. The first kappa shape index (κ1) is 20.6. The molecule has 0 radical (unpaired) electrons. The van der Waals surface area contributed by atoms with Crippen LogP contribution in [0.4, 0.5) is 14.9 Å². The third-order valence-corrected chi connectivity index (χ3v) is 5.37. The highest BCUT2D eigenvalue weighted by atomic mass is 19.1. The number of hydrogen-bond donors (Lipinski definition) is 3. The second kappa shape index (κ2) is 8.99. The molecule has 4 rings (SSSR count). The van der Waals surface area contributed by atoms with Crippen LogP contribution in [0.3, 0.4) is 0 Å². The van der Waals surface area contributed by atoms with E-state index < -0.39 is 23.6 Å². The Morgan fingerprint density at radius 2 is 1.81 bits per heavy atom. The molecule has 1 aromatic heterocycles. The highest BCUT2D eigenvalue weighted by Gasteiger charge is 2.28. The van der Waals surface area contributed by atoms with Crippen LogP contribution in [-0.4, -0.2) is 34.9 Å². The molecule has 3 aromatic rings. The summed E-state index contributed by atoms with van der Waals surface area (Å²) in [6.07, 6.45) is 3.05. The molecular formula is C23H22FN3O4. The van der Waals surface area contributed by atoms with Crippen LogP contribution in [0.25, 0.3) is 10.9 Å². The fourth-order valence-electron chi connectivity index (χ4n) is 3.85. The fourth-order valence-corrected chi connectivity index (χ4v) is 3.85. The van der Waals surface area contributed by atoms with Crippen molar-refractivity contribution in [3.63, 3.8) is 0 Å². The zero-order chi connectivity index (χ0) is 21.8. The second-order valence-corrected chi connectivity index (χ2v) is 7.57. The Kier molecular flexibility index (Phi) is 5.97. The van der Waals surface area contributed by atoms with Gasteiger partial charge in [-0.25, -0.2) is 9.18 Å². The Labute approximate surface area is 178 Å². The smallest absolute Gasteiger partial charge is 0.411 e. The fraction of sp³-hybridized carbons (Fsp3) is 0.261. The van der Waals surface area contributed by atoms with Crippen LogP contribution in [0.2, 0.25) is 0 Å². The highest BCUT2D eigenvalue weighted by molar-refractivity contribution is 6.45. The first-order chi connectivity index (χ1) is 15.0. The number of anilines is 1. The Morgan fingerprint density at radius 1 is 1.03 bits per heavy atom. The minimum absolute atomic E-state index is 0.265. The summed E-state index contributed by atoms with van der Waals surface area (Å²) >= 11 is 0. The number of carbonyl (C=O) groups is 3. The molecule has 0 spiro atoms. The number of amides is 2. The number of nitrogens with one attached hydrogen (secondary N) is 3. The molecule has 0 bridgehead atoms. The van der Waals surface area contributed by atoms with Gasteiger partial charge in [0.2, 0.25) is 0 Å². The zero-order valence-corrected chi connectivity index (χ0v) is 16.7. The summed E-state index contributed by atoms with van der Waals surface area (Å²) in [6.45, 7) is 0. The van der Waals surface area contributed by atoms with Crippen molar-refractivity contribution in [1.82, 2.24) is 10.3 Å². The number of carbonyl (C=O) groups excluding carboxylic acids is 3. The van der Waals surface area contributed by atoms with Gasteiger partial charge in [-0.1, -0.05) is 18.2 Å². The number of ether oxygens (including phenoxy) is 1. The Balaban J connectivity index is 1.32. The van der Waals surface area contributed by atoms with E-state index in [0.29, 0.717) is 35.9 Å². The second-order valence-electron chi connectivity index (χ2n) is 7.57. The van der Waals surface area contributed by atoms with Crippen molar-refractivity contribution in [2.24, 2.45) is 0 Å². The van der Waals surface area contributed by atoms with Crippen molar-refractivity contribution in [3.8, 4) is 0 Å². The molecule has 31 heavy (non-hydrogen) atoms. The lowest BCUT2D eigenvalue weighted by molar-refractivity contribution is -0.118. The molecule has 3 N–H and O–H groups in total. The van der Waals surface area contributed by atoms with Crippen LogP contribution in [0.5, 0.6) is 0 Å². The molecule has 1 aliphatic rings. The van der Waals surface area contributed by atoms with E-state index in [2.05, 4.69) is 15.6 Å². The number of para-hydroxylation sites is 1.